The zero-order valence-electron chi connectivity index (χ0n) is 22.7. The van der Waals surface area contributed by atoms with E-state index < -0.39 is 10.0 Å². The van der Waals surface area contributed by atoms with Crippen molar-refractivity contribution in [2.24, 2.45) is 0 Å². The summed E-state index contributed by atoms with van der Waals surface area (Å²) in [4.78, 5) is 22.4. The first-order chi connectivity index (χ1) is 18.9. The van der Waals surface area contributed by atoms with Gasteiger partial charge in [-0.2, -0.15) is 9.29 Å². The van der Waals surface area contributed by atoms with Crippen molar-refractivity contribution in [3.63, 3.8) is 0 Å². The average molecular weight is 554 g/mol. The molecule has 2 aromatic heterocycles. The van der Waals surface area contributed by atoms with E-state index in [9.17, 15) is 8.42 Å². The predicted molar refractivity (Wildman–Crippen MR) is 148 cm³/mol. The number of hydrogen-bond acceptors (Lipinski definition) is 10. The van der Waals surface area contributed by atoms with E-state index in [0.29, 0.717) is 40.1 Å². The van der Waals surface area contributed by atoms with Crippen molar-refractivity contribution in [1.29, 1.82) is 0 Å². The van der Waals surface area contributed by atoms with Gasteiger partial charge in [0.2, 0.25) is 27.8 Å². The van der Waals surface area contributed by atoms with Gasteiger partial charge in [0.15, 0.2) is 0 Å². The van der Waals surface area contributed by atoms with Crippen LogP contribution in [0.25, 0.3) is 0 Å². The summed E-state index contributed by atoms with van der Waals surface area (Å²) in [6.07, 6.45) is 7.68. The van der Waals surface area contributed by atoms with Crippen LogP contribution in [0, 0.1) is 13.8 Å². The standard InChI is InChI=1S/C27H35N7O4S/c1-20-17-23(37-3)18-21(2)25(20)39(35,36)34-12-5-4-7-22(34)19-38-24-8-11-30-27(31-24)33-15-13-32(14-16-33)26-28-9-6-10-29-26/h6,8-11,17-18,22H,4-5,7,12-16,19H2,1-3H3. The van der Waals surface area contributed by atoms with E-state index in [4.69, 9.17) is 9.47 Å². The Labute approximate surface area is 229 Å². The molecule has 11 nitrogen and oxygen atoms in total. The predicted octanol–water partition coefficient (Wildman–Crippen LogP) is 2.84. The summed E-state index contributed by atoms with van der Waals surface area (Å²) in [6.45, 7) is 7.30. The fraction of sp³-hybridized carbons (Fsp3) is 0.481. The number of piperazine rings is 1. The van der Waals surface area contributed by atoms with Crippen molar-refractivity contribution >= 4 is 21.9 Å². The first-order valence-corrected chi connectivity index (χ1v) is 14.7. The molecule has 12 heteroatoms. The summed E-state index contributed by atoms with van der Waals surface area (Å²) < 4.78 is 40.7. The zero-order chi connectivity index (χ0) is 27.4. The first-order valence-electron chi connectivity index (χ1n) is 13.3. The highest BCUT2D eigenvalue weighted by Crippen LogP contribution is 2.32. The molecular weight excluding hydrogens is 518 g/mol. The van der Waals surface area contributed by atoms with E-state index >= 15 is 0 Å². The number of methoxy groups -OCH3 is 1. The highest BCUT2D eigenvalue weighted by Gasteiger charge is 2.36. The van der Waals surface area contributed by atoms with Crippen molar-refractivity contribution in [2.75, 3.05) is 56.2 Å². The van der Waals surface area contributed by atoms with Crippen molar-refractivity contribution in [3.8, 4) is 11.6 Å². The van der Waals surface area contributed by atoms with Gasteiger partial charge in [0, 0.05) is 57.4 Å². The zero-order valence-corrected chi connectivity index (χ0v) is 23.5. The Hall–Kier alpha value is -3.51. The van der Waals surface area contributed by atoms with Gasteiger partial charge in [-0.15, -0.1) is 0 Å². The van der Waals surface area contributed by atoms with Gasteiger partial charge < -0.3 is 19.3 Å². The third kappa shape index (κ3) is 5.91. The van der Waals surface area contributed by atoms with Crippen LogP contribution in [-0.2, 0) is 10.0 Å². The van der Waals surface area contributed by atoms with Gasteiger partial charge in [-0.3, -0.25) is 0 Å². The third-order valence-electron chi connectivity index (χ3n) is 7.25. The lowest BCUT2D eigenvalue weighted by Gasteiger charge is -2.35. The number of rotatable bonds is 8. The highest BCUT2D eigenvalue weighted by atomic mass is 32.2. The molecule has 1 unspecified atom stereocenters. The molecule has 5 rings (SSSR count). The Morgan fingerprint density at radius 2 is 1.54 bits per heavy atom. The SMILES string of the molecule is COc1cc(C)c(S(=O)(=O)N2CCCCC2COc2ccnc(N3CCN(c4ncccn4)CC3)n2)c(C)c1. The van der Waals surface area contributed by atoms with Crippen molar-refractivity contribution in [3.05, 3.63) is 54.0 Å². The van der Waals surface area contributed by atoms with Gasteiger partial charge in [-0.25, -0.2) is 23.4 Å². The molecule has 39 heavy (non-hydrogen) atoms. The number of piperidine rings is 1. The molecule has 208 valence electrons. The minimum atomic E-state index is -3.71. The summed E-state index contributed by atoms with van der Waals surface area (Å²) in [6, 6.07) is 6.78. The van der Waals surface area contributed by atoms with Gasteiger partial charge in [-0.05, 0) is 56.0 Å². The van der Waals surface area contributed by atoms with Crippen LogP contribution < -0.4 is 19.3 Å². The van der Waals surface area contributed by atoms with E-state index in [1.165, 1.54) is 0 Å². The van der Waals surface area contributed by atoms with Gasteiger partial charge in [-0.1, -0.05) is 6.42 Å². The molecule has 0 aliphatic carbocycles. The van der Waals surface area contributed by atoms with Gasteiger partial charge in [0.1, 0.15) is 12.4 Å². The van der Waals surface area contributed by atoms with E-state index in [2.05, 4.69) is 29.7 Å². The van der Waals surface area contributed by atoms with Gasteiger partial charge in [0.05, 0.1) is 18.0 Å². The minimum absolute atomic E-state index is 0.225. The minimum Gasteiger partial charge on any atom is -0.497 e. The monoisotopic (exact) mass is 553 g/mol. The van der Waals surface area contributed by atoms with Crippen LogP contribution in [0.15, 0.2) is 47.8 Å². The summed E-state index contributed by atoms with van der Waals surface area (Å²) in [5.41, 5.74) is 1.35. The third-order valence-corrected chi connectivity index (χ3v) is 9.51. The van der Waals surface area contributed by atoms with E-state index in [0.717, 1.165) is 51.4 Å². The van der Waals surface area contributed by atoms with Crippen LogP contribution in [-0.4, -0.2) is 85.1 Å². The van der Waals surface area contributed by atoms with Crippen molar-refractivity contribution in [2.45, 2.75) is 44.0 Å². The number of aryl methyl sites for hydroxylation is 2. The summed E-state index contributed by atoms with van der Waals surface area (Å²) in [7, 11) is -2.13. The molecule has 1 atom stereocenters. The number of nitrogens with zero attached hydrogens (tertiary/aromatic N) is 7. The second kappa shape index (κ2) is 11.7. The van der Waals surface area contributed by atoms with Crippen LogP contribution >= 0.6 is 0 Å². The van der Waals surface area contributed by atoms with Crippen LogP contribution in [0.5, 0.6) is 11.6 Å². The lowest BCUT2D eigenvalue weighted by Crippen LogP contribution is -2.47. The quantitative estimate of drug-likeness (QED) is 0.413. The van der Waals surface area contributed by atoms with Crippen molar-refractivity contribution in [1.82, 2.24) is 24.2 Å². The maximum atomic E-state index is 13.8. The molecule has 1 aromatic carbocycles. The molecule has 2 aliphatic heterocycles. The molecule has 0 radical (unpaired) electrons. The Kier molecular flexibility index (Phi) is 8.12. The largest absolute Gasteiger partial charge is 0.497 e. The Bertz CT molecular complexity index is 1360. The number of aromatic nitrogens is 4. The average Bonchev–Trinajstić information content (AvgIpc) is 2.96. The van der Waals surface area contributed by atoms with Crippen LogP contribution in [0.2, 0.25) is 0 Å². The summed E-state index contributed by atoms with van der Waals surface area (Å²) in [5.74, 6) is 2.41. The molecule has 0 spiro atoms. The number of hydrogen-bond donors (Lipinski definition) is 0. The van der Waals surface area contributed by atoms with Crippen LogP contribution in [0.4, 0.5) is 11.9 Å². The van der Waals surface area contributed by atoms with E-state index in [1.54, 1.807) is 48.2 Å². The first kappa shape index (κ1) is 27.1. The highest BCUT2D eigenvalue weighted by molar-refractivity contribution is 7.89. The molecule has 0 amide bonds. The number of benzene rings is 1. The lowest BCUT2D eigenvalue weighted by atomic mass is 10.1. The maximum absolute atomic E-state index is 13.8. The maximum Gasteiger partial charge on any atom is 0.243 e. The van der Waals surface area contributed by atoms with E-state index in [1.807, 2.05) is 19.9 Å². The number of sulfonamides is 1. The molecular formula is C27H35N7O4S. The molecule has 2 aliphatic rings. The fourth-order valence-electron chi connectivity index (χ4n) is 5.32. The second-order valence-electron chi connectivity index (χ2n) is 9.88. The van der Waals surface area contributed by atoms with Gasteiger partial charge >= 0.3 is 0 Å². The second-order valence-corrected chi connectivity index (χ2v) is 11.7. The molecule has 0 saturated carbocycles. The Balaban J connectivity index is 1.25. The number of anilines is 2. The topological polar surface area (TPSA) is 114 Å². The lowest BCUT2D eigenvalue weighted by molar-refractivity contribution is 0.165. The Morgan fingerprint density at radius 3 is 2.21 bits per heavy atom. The van der Waals surface area contributed by atoms with Gasteiger partial charge in [0.25, 0.3) is 0 Å². The smallest absolute Gasteiger partial charge is 0.243 e. The molecule has 2 saturated heterocycles. The van der Waals surface area contributed by atoms with Crippen LogP contribution in [0.3, 0.4) is 0 Å². The normalized spacial score (nSPS) is 18.7. The molecule has 0 bridgehead atoms. The summed E-state index contributed by atoms with van der Waals surface area (Å²) >= 11 is 0. The van der Waals surface area contributed by atoms with Crippen LogP contribution in [0.1, 0.15) is 30.4 Å². The van der Waals surface area contributed by atoms with E-state index in [-0.39, 0.29) is 12.6 Å². The summed E-state index contributed by atoms with van der Waals surface area (Å²) in [5, 5.41) is 0. The molecule has 3 aromatic rings. The molecule has 4 heterocycles. The molecule has 0 N–H and O–H groups in total. The number of ether oxygens (including phenoxy) is 2. The Morgan fingerprint density at radius 1 is 0.897 bits per heavy atom. The fourth-order valence-corrected chi connectivity index (χ4v) is 7.41. The van der Waals surface area contributed by atoms with Crippen molar-refractivity contribution < 1.29 is 17.9 Å². The molecule has 2 fully saturated rings.